The first-order valence-corrected chi connectivity index (χ1v) is 8.66. The molecule has 1 fully saturated rings. The summed E-state index contributed by atoms with van der Waals surface area (Å²) in [5, 5.41) is 0.678. The maximum Gasteiger partial charge on any atom is 0.349 e. The summed E-state index contributed by atoms with van der Waals surface area (Å²) in [6, 6.07) is 8.53. The third-order valence-corrected chi connectivity index (χ3v) is 4.56. The molecule has 3 rings (SSSR count). The van der Waals surface area contributed by atoms with Crippen molar-refractivity contribution in [2.45, 2.75) is 12.8 Å². The minimum absolute atomic E-state index is 0.0147. The van der Waals surface area contributed by atoms with Gasteiger partial charge in [-0.2, -0.15) is 0 Å². The number of hydrogen-bond acceptors (Lipinski definition) is 6. The molecular weight excluding hydrogens is 352 g/mol. The number of carbonyl (C=O) groups is 3. The fraction of sp³-hybridized carbons (Fsp3) is 0.368. The number of ether oxygens (including phenoxy) is 1. The van der Waals surface area contributed by atoms with Crippen LogP contribution in [0.15, 0.2) is 39.5 Å². The molecule has 27 heavy (non-hydrogen) atoms. The van der Waals surface area contributed by atoms with Crippen molar-refractivity contribution in [2.75, 3.05) is 33.3 Å². The van der Waals surface area contributed by atoms with Crippen molar-refractivity contribution in [2.24, 2.45) is 0 Å². The Morgan fingerprint density at radius 3 is 2.41 bits per heavy atom. The van der Waals surface area contributed by atoms with Gasteiger partial charge in [0.05, 0.1) is 13.5 Å². The molecule has 0 saturated carbocycles. The van der Waals surface area contributed by atoms with E-state index in [4.69, 9.17) is 4.42 Å². The Labute approximate surface area is 155 Å². The fourth-order valence-corrected chi connectivity index (χ4v) is 3.01. The summed E-state index contributed by atoms with van der Waals surface area (Å²) in [5.74, 6) is -0.992. The summed E-state index contributed by atoms with van der Waals surface area (Å²) in [7, 11) is 1.28. The summed E-state index contributed by atoms with van der Waals surface area (Å²) in [4.78, 5) is 51.2. The number of para-hydroxylation sites is 1. The quantitative estimate of drug-likeness (QED) is 0.587. The average molecular weight is 372 g/mol. The van der Waals surface area contributed by atoms with Crippen LogP contribution in [0.5, 0.6) is 0 Å². The maximum atomic E-state index is 12.7. The van der Waals surface area contributed by atoms with Gasteiger partial charge in [0.25, 0.3) is 5.91 Å². The molecule has 0 atom stereocenters. The molecule has 0 aliphatic carbocycles. The van der Waals surface area contributed by atoms with Gasteiger partial charge in [0.2, 0.25) is 5.91 Å². The van der Waals surface area contributed by atoms with Gasteiger partial charge >= 0.3 is 11.6 Å². The number of piperazine rings is 1. The van der Waals surface area contributed by atoms with E-state index in [0.29, 0.717) is 37.1 Å². The predicted molar refractivity (Wildman–Crippen MR) is 96.2 cm³/mol. The van der Waals surface area contributed by atoms with Gasteiger partial charge in [-0.15, -0.1) is 0 Å². The van der Waals surface area contributed by atoms with Gasteiger partial charge in [0, 0.05) is 38.0 Å². The van der Waals surface area contributed by atoms with Gasteiger partial charge in [0.15, 0.2) is 0 Å². The Morgan fingerprint density at radius 2 is 1.70 bits per heavy atom. The van der Waals surface area contributed by atoms with E-state index in [1.807, 2.05) is 0 Å². The molecule has 2 aromatic rings. The van der Waals surface area contributed by atoms with E-state index >= 15 is 0 Å². The Hall–Kier alpha value is -3.16. The number of carbonyl (C=O) groups excluding carboxylic acids is 3. The second-order valence-corrected chi connectivity index (χ2v) is 6.23. The van der Waals surface area contributed by atoms with Gasteiger partial charge in [0.1, 0.15) is 11.1 Å². The SMILES string of the molecule is COC(=O)CCC(=O)N1CCN(C(=O)c2cc3ccccc3oc2=O)CC1. The van der Waals surface area contributed by atoms with Gasteiger partial charge < -0.3 is 19.0 Å². The molecule has 1 aromatic carbocycles. The molecule has 0 bridgehead atoms. The zero-order valence-corrected chi connectivity index (χ0v) is 15.0. The highest BCUT2D eigenvalue weighted by Crippen LogP contribution is 2.15. The highest BCUT2D eigenvalue weighted by Gasteiger charge is 2.27. The number of hydrogen-bond donors (Lipinski definition) is 0. The molecule has 1 saturated heterocycles. The van der Waals surface area contributed by atoms with Crippen LogP contribution < -0.4 is 5.63 Å². The molecule has 0 spiro atoms. The van der Waals surface area contributed by atoms with Gasteiger partial charge in [-0.25, -0.2) is 4.79 Å². The third kappa shape index (κ3) is 4.16. The minimum Gasteiger partial charge on any atom is -0.469 e. The van der Waals surface area contributed by atoms with Crippen LogP contribution in [0.4, 0.5) is 0 Å². The molecule has 1 aliphatic heterocycles. The van der Waals surface area contributed by atoms with Gasteiger partial charge in [-0.1, -0.05) is 18.2 Å². The van der Waals surface area contributed by atoms with Crippen molar-refractivity contribution in [1.29, 1.82) is 0 Å². The summed E-state index contributed by atoms with van der Waals surface area (Å²) in [5.41, 5.74) is -0.255. The topological polar surface area (TPSA) is 97.1 Å². The number of rotatable bonds is 4. The van der Waals surface area contributed by atoms with E-state index in [0.717, 1.165) is 0 Å². The van der Waals surface area contributed by atoms with Gasteiger partial charge in [-0.3, -0.25) is 14.4 Å². The van der Waals surface area contributed by atoms with Crippen LogP contribution in [0.3, 0.4) is 0 Å². The number of fused-ring (bicyclic) bond motifs is 1. The maximum absolute atomic E-state index is 12.7. The normalized spacial score (nSPS) is 14.3. The lowest BCUT2D eigenvalue weighted by atomic mass is 10.1. The van der Waals surface area contributed by atoms with E-state index < -0.39 is 17.5 Å². The number of nitrogens with zero attached hydrogens (tertiary/aromatic N) is 2. The lowest BCUT2D eigenvalue weighted by Crippen LogP contribution is -2.51. The second-order valence-electron chi connectivity index (χ2n) is 6.23. The summed E-state index contributed by atoms with van der Waals surface area (Å²) >= 11 is 0. The highest BCUT2D eigenvalue weighted by molar-refractivity contribution is 5.96. The minimum atomic E-state index is -0.671. The fourth-order valence-electron chi connectivity index (χ4n) is 3.01. The van der Waals surface area contributed by atoms with Crippen molar-refractivity contribution >= 4 is 28.8 Å². The number of amides is 2. The molecule has 8 nitrogen and oxygen atoms in total. The number of methoxy groups -OCH3 is 1. The summed E-state index contributed by atoms with van der Waals surface area (Å²) < 4.78 is 9.74. The van der Waals surface area contributed by atoms with Crippen molar-refractivity contribution in [1.82, 2.24) is 9.80 Å². The smallest absolute Gasteiger partial charge is 0.349 e. The molecule has 0 unspecified atom stereocenters. The predicted octanol–water partition coefficient (Wildman–Crippen LogP) is 1.03. The van der Waals surface area contributed by atoms with E-state index in [2.05, 4.69) is 4.74 Å². The molecule has 142 valence electrons. The van der Waals surface area contributed by atoms with Crippen LogP contribution in [0.1, 0.15) is 23.2 Å². The first kappa shape index (κ1) is 18.6. The summed E-state index contributed by atoms with van der Waals surface area (Å²) in [6.45, 7) is 1.33. The highest BCUT2D eigenvalue weighted by atomic mass is 16.5. The first-order chi connectivity index (χ1) is 13.0. The number of esters is 1. The van der Waals surface area contributed by atoms with Crippen LogP contribution in [0, 0.1) is 0 Å². The van der Waals surface area contributed by atoms with Crippen LogP contribution >= 0.6 is 0 Å². The van der Waals surface area contributed by atoms with Crippen molar-refractivity contribution in [3.63, 3.8) is 0 Å². The molecule has 0 radical (unpaired) electrons. The zero-order chi connectivity index (χ0) is 19.4. The monoisotopic (exact) mass is 372 g/mol. The molecule has 2 amide bonds. The molecular formula is C19H20N2O6. The lowest BCUT2D eigenvalue weighted by molar-refractivity contribution is -0.143. The first-order valence-electron chi connectivity index (χ1n) is 8.66. The largest absolute Gasteiger partial charge is 0.469 e. The van der Waals surface area contributed by atoms with Gasteiger partial charge in [-0.05, 0) is 12.1 Å². The number of benzene rings is 1. The van der Waals surface area contributed by atoms with Crippen LogP contribution in [-0.4, -0.2) is 60.9 Å². The molecule has 1 aliphatic rings. The average Bonchev–Trinajstić information content (AvgIpc) is 2.70. The Balaban J connectivity index is 1.63. The van der Waals surface area contributed by atoms with E-state index in [-0.39, 0.29) is 24.3 Å². The van der Waals surface area contributed by atoms with Crippen molar-refractivity contribution in [3.8, 4) is 0 Å². The van der Waals surface area contributed by atoms with E-state index in [1.54, 1.807) is 29.2 Å². The molecule has 1 aromatic heterocycles. The lowest BCUT2D eigenvalue weighted by Gasteiger charge is -2.34. The Kier molecular flexibility index (Phi) is 5.54. The van der Waals surface area contributed by atoms with E-state index in [9.17, 15) is 19.2 Å². The van der Waals surface area contributed by atoms with E-state index in [1.165, 1.54) is 18.1 Å². The van der Waals surface area contributed by atoms with Crippen LogP contribution in [0.2, 0.25) is 0 Å². The molecule has 8 heteroatoms. The standard InChI is InChI=1S/C19H20N2O6/c1-26-17(23)7-6-16(22)20-8-10-21(11-9-20)18(24)14-12-13-4-2-3-5-15(13)27-19(14)25/h2-5,12H,6-11H2,1H3. The zero-order valence-electron chi connectivity index (χ0n) is 15.0. The Bertz CT molecular complexity index is 927. The van der Waals surface area contributed by atoms with Crippen molar-refractivity contribution < 1.29 is 23.5 Å². The summed E-state index contributed by atoms with van der Waals surface area (Å²) in [6.07, 6.45) is 0.113. The van der Waals surface area contributed by atoms with Crippen LogP contribution in [0.25, 0.3) is 11.0 Å². The third-order valence-electron chi connectivity index (χ3n) is 4.56. The molecule has 0 N–H and O–H groups in total. The Morgan fingerprint density at radius 1 is 1.04 bits per heavy atom. The van der Waals surface area contributed by atoms with Crippen LogP contribution in [-0.2, 0) is 14.3 Å². The second kappa shape index (κ2) is 8.03. The molecule has 2 heterocycles. The van der Waals surface area contributed by atoms with Crippen molar-refractivity contribution in [3.05, 3.63) is 46.3 Å².